The summed E-state index contributed by atoms with van der Waals surface area (Å²) in [7, 11) is 0. The van der Waals surface area contributed by atoms with Crippen molar-refractivity contribution in [2.24, 2.45) is 0 Å². The lowest BCUT2D eigenvalue weighted by atomic mass is 9.93. The quantitative estimate of drug-likeness (QED) is 0.906. The number of nitrogens with two attached hydrogens (primary N) is 1. The second-order valence-electron chi connectivity index (χ2n) is 5.69. The van der Waals surface area contributed by atoms with Gasteiger partial charge in [0, 0.05) is 6.04 Å². The van der Waals surface area contributed by atoms with Gasteiger partial charge in [-0.05, 0) is 44.7 Å². The van der Waals surface area contributed by atoms with Crippen LogP contribution in [0.4, 0.5) is 11.6 Å². The highest BCUT2D eigenvalue weighted by atomic mass is 15.4. The summed E-state index contributed by atoms with van der Waals surface area (Å²) in [5.74, 6) is 0.992. The van der Waals surface area contributed by atoms with E-state index in [1.807, 2.05) is 26.0 Å². The second kappa shape index (κ2) is 5.13. The first kappa shape index (κ1) is 13.5. The zero-order chi connectivity index (χ0) is 15.0. The van der Waals surface area contributed by atoms with Crippen molar-refractivity contribution in [3.63, 3.8) is 0 Å². The number of nitrogen functional groups attached to an aromatic ring is 1. The summed E-state index contributed by atoms with van der Waals surface area (Å²) in [5.41, 5.74) is 9.75. The monoisotopic (exact) mass is 281 g/mol. The highest BCUT2D eigenvalue weighted by Crippen LogP contribution is 2.29. The molecule has 108 valence electrons. The molecule has 1 saturated carbocycles. The van der Waals surface area contributed by atoms with Crippen LogP contribution in [0.5, 0.6) is 0 Å². The van der Waals surface area contributed by atoms with E-state index in [1.165, 1.54) is 12.0 Å². The van der Waals surface area contributed by atoms with Gasteiger partial charge in [-0.25, -0.2) is 4.68 Å². The summed E-state index contributed by atoms with van der Waals surface area (Å²) in [6.07, 6.45) is 3.48. The SMILES string of the molecule is Cc1ccc(-n2nc(NC3CCC3)c(C#N)c2N)c(C)c1. The van der Waals surface area contributed by atoms with Crippen LogP contribution in [0.1, 0.15) is 36.0 Å². The van der Waals surface area contributed by atoms with Crippen LogP contribution in [0.15, 0.2) is 18.2 Å². The van der Waals surface area contributed by atoms with Gasteiger partial charge in [0.05, 0.1) is 5.69 Å². The number of aromatic nitrogens is 2. The van der Waals surface area contributed by atoms with Gasteiger partial charge < -0.3 is 11.1 Å². The number of nitrogens with zero attached hydrogens (tertiary/aromatic N) is 3. The van der Waals surface area contributed by atoms with Crippen molar-refractivity contribution in [1.82, 2.24) is 9.78 Å². The van der Waals surface area contributed by atoms with E-state index in [0.29, 0.717) is 23.2 Å². The fourth-order valence-electron chi connectivity index (χ4n) is 2.61. The summed E-state index contributed by atoms with van der Waals surface area (Å²) < 4.78 is 1.66. The molecule has 0 radical (unpaired) electrons. The Kier molecular flexibility index (Phi) is 3.30. The molecule has 0 aliphatic heterocycles. The number of aryl methyl sites for hydroxylation is 2. The van der Waals surface area contributed by atoms with Crippen LogP contribution in [0.25, 0.3) is 5.69 Å². The first-order valence-electron chi connectivity index (χ1n) is 7.23. The van der Waals surface area contributed by atoms with Gasteiger partial charge in [-0.2, -0.15) is 5.26 Å². The van der Waals surface area contributed by atoms with Crippen molar-refractivity contribution in [2.75, 3.05) is 11.1 Å². The Hall–Kier alpha value is -2.48. The van der Waals surface area contributed by atoms with Crippen molar-refractivity contribution in [3.8, 4) is 11.8 Å². The van der Waals surface area contributed by atoms with Gasteiger partial charge in [-0.3, -0.25) is 0 Å². The molecule has 0 spiro atoms. The number of benzene rings is 1. The number of hydrogen-bond donors (Lipinski definition) is 2. The standard InChI is InChI=1S/C16H19N5/c1-10-6-7-14(11(2)8-10)21-15(18)13(9-17)16(20-21)19-12-4-3-5-12/h6-8,12H,3-5,18H2,1-2H3,(H,19,20). The minimum absolute atomic E-state index is 0.395. The van der Waals surface area contributed by atoms with Crippen LogP contribution in [0.3, 0.4) is 0 Å². The Bertz CT molecular complexity index is 719. The van der Waals surface area contributed by atoms with Gasteiger partial charge in [-0.1, -0.05) is 17.7 Å². The molecule has 3 rings (SSSR count). The van der Waals surface area contributed by atoms with Crippen molar-refractivity contribution < 1.29 is 0 Å². The van der Waals surface area contributed by atoms with Crippen molar-refractivity contribution >= 4 is 11.6 Å². The smallest absolute Gasteiger partial charge is 0.168 e. The molecule has 0 saturated heterocycles. The Morgan fingerprint density at radius 1 is 1.38 bits per heavy atom. The first-order valence-corrected chi connectivity index (χ1v) is 7.23. The average molecular weight is 281 g/mol. The van der Waals surface area contributed by atoms with Gasteiger partial charge in [0.2, 0.25) is 0 Å². The van der Waals surface area contributed by atoms with Crippen molar-refractivity contribution in [2.45, 2.75) is 39.2 Å². The lowest BCUT2D eigenvalue weighted by Crippen LogP contribution is -2.27. The van der Waals surface area contributed by atoms with Crippen LogP contribution in [0, 0.1) is 25.2 Å². The van der Waals surface area contributed by atoms with E-state index in [-0.39, 0.29) is 0 Å². The van der Waals surface area contributed by atoms with Crippen LogP contribution >= 0.6 is 0 Å². The van der Waals surface area contributed by atoms with Crippen molar-refractivity contribution in [3.05, 3.63) is 34.9 Å². The zero-order valence-corrected chi connectivity index (χ0v) is 12.3. The molecule has 0 unspecified atom stereocenters. The number of nitrogens with one attached hydrogen (secondary N) is 1. The maximum Gasteiger partial charge on any atom is 0.168 e. The third-order valence-electron chi connectivity index (χ3n) is 4.06. The molecule has 1 aromatic carbocycles. The largest absolute Gasteiger partial charge is 0.382 e. The molecule has 1 fully saturated rings. The minimum Gasteiger partial charge on any atom is -0.382 e. The Labute approximate surface area is 124 Å². The molecule has 0 atom stereocenters. The number of hydrogen-bond acceptors (Lipinski definition) is 4. The predicted molar refractivity (Wildman–Crippen MR) is 83.4 cm³/mol. The molecule has 1 aromatic heterocycles. The lowest BCUT2D eigenvalue weighted by Gasteiger charge is -2.26. The summed E-state index contributed by atoms with van der Waals surface area (Å²) in [5, 5.41) is 17.2. The number of anilines is 2. The van der Waals surface area contributed by atoms with Gasteiger partial charge in [0.1, 0.15) is 17.5 Å². The van der Waals surface area contributed by atoms with E-state index >= 15 is 0 Å². The molecule has 2 aromatic rings. The van der Waals surface area contributed by atoms with E-state index in [0.717, 1.165) is 24.1 Å². The Morgan fingerprint density at radius 3 is 2.71 bits per heavy atom. The van der Waals surface area contributed by atoms with Gasteiger partial charge in [0.15, 0.2) is 5.82 Å². The van der Waals surface area contributed by atoms with Crippen molar-refractivity contribution in [1.29, 1.82) is 5.26 Å². The van der Waals surface area contributed by atoms with E-state index in [4.69, 9.17) is 5.73 Å². The number of rotatable bonds is 3. The van der Waals surface area contributed by atoms with E-state index < -0.39 is 0 Å². The fourth-order valence-corrected chi connectivity index (χ4v) is 2.61. The maximum absolute atomic E-state index is 9.35. The topological polar surface area (TPSA) is 79.7 Å². The molecule has 5 nitrogen and oxygen atoms in total. The highest BCUT2D eigenvalue weighted by Gasteiger charge is 2.23. The van der Waals surface area contributed by atoms with Crippen LogP contribution < -0.4 is 11.1 Å². The maximum atomic E-state index is 9.35. The van der Waals surface area contributed by atoms with Gasteiger partial charge >= 0.3 is 0 Å². The average Bonchev–Trinajstić information content (AvgIpc) is 2.70. The molecular formula is C16H19N5. The molecule has 1 heterocycles. The van der Waals surface area contributed by atoms with Crippen LogP contribution in [-0.2, 0) is 0 Å². The molecule has 1 aliphatic carbocycles. The molecular weight excluding hydrogens is 262 g/mol. The predicted octanol–water partition coefficient (Wildman–Crippen LogP) is 2.91. The molecule has 5 heteroatoms. The fraction of sp³-hybridized carbons (Fsp3) is 0.375. The third kappa shape index (κ3) is 2.33. The molecule has 0 amide bonds. The van der Waals surface area contributed by atoms with Gasteiger partial charge in [-0.15, -0.1) is 5.10 Å². The summed E-state index contributed by atoms with van der Waals surface area (Å²) >= 11 is 0. The first-order chi connectivity index (χ1) is 10.1. The van der Waals surface area contributed by atoms with Crippen LogP contribution in [0.2, 0.25) is 0 Å². The molecule has 1 aliphatic rings. The second-order valence-corrected chi connectivity index (χ2v) is 5.69. The van der Waals surface area contributed by atoms with E-state index in [9.17, 15) is 5.26 Å². The lowest BCUT2D eigenvalue weighted by molar-refractivity contribution is 0.444. The number of nitriles is 1. The Morgan fingerprint density at radius 2 is 2.14 bits per heavy atom. The third-order valence-corrected chi connectivity index (χ3v) is 4.06. The van der Waals surface area contributed by atoms with Crippen LogP contribution in [-0.4, -0.2) is 15.8 Å². The van der Waals surface area contributed by atoms with E-state index in [1.54, 1.807) is 4.68 Å². The normalized spacial score (nSPS) is 14.5. The highest BCUT2D eigenvalue weighted by molar-refractivity contribution is 5.67. The summed E-state index contributed by atoms with van der Waals surface area (Å²) in [4.78, 5) is 0. The zero-order valence-electron chi connectivity index (χ0n) is 12.3. The molecule has 3 N–H and O–H groups in total. The van der Waals surface area contributed by atoms with Gasteiger partial charge in [0.25, 0.3) is 0 Å². The summed E-state index contributed by atoms with van der Waals surface area (Å²) in [6.45, 7) is 4.07. The molecule has 0 bridgehead atoms. The Balaban J connectivity index is 2.04. The minimum atomic E-state index is 0.395. The van der Waals surface area contributed by atoms with E-state index in [2.05, 4.69) is 22.6 Å². The summed E-state index contributed by atoms with van der Waals surface area (Å²) in [6, 6.07) is 8.68. The molecule has 21 heavy (non-hydrogen) atoms.